The predicted molar refractivity (Wildman–Crippen MR) is 125 cm³/mol. The summed E-state index contributed by atoms with van der Waals surface area (Å²) in [6.07, 6.45) is 4.51. The Hall–Kier alpha value is -4.27. The zero-order valence-corrected chi connectivity index (χ0v) is 17.7. The molecular formula is C23H23N7O2. The molecule has 0 aliphatic carbocycles. The van der Waals surface area contributed by atoms with E-state index in [1.807, 2.05) is 37.4 Å². The molecule has 3 heterocycles. The second-order valence-corrected chi connectivity index (χ2v) is 7.51. The fourth-order valence-electron chi connectivity index (χ4n) is 3.76. The second-order valence-electron chi connectivity index (χ2n) is 7.51. The minimum Gasteiger partial charge on any atom is -0.506 e. The van der Waals surface area contributed by atoms with E-state index < -0.39 is 0 Å². The summed E-state index contributed by atoms with van der Waals surface area (Å²) in [7, 11) is 1.67. The van der Waals surface area contributed by atoms with Gasteiger partial charge in [0, 0.05) is 41.6 Å². The standard InChI is InChI=1S/C23H23N7O2/c1-13-27-19-9-15(10-20(31)22(19)28-13)29-21-6-8-25-23(30-21)24-7-5-14-12-26-18-4-3-16(32-2)11-17(14)18/h3-4,6,8-12,26,31H,5,7H2,1-2H3,(H,27,28)(H2,24,25,29,30). The number of nitrogens with one attached hydrogen (secondary N) is 4. The van der Waals surface area contributed by atoms with Crippen molar-refractivity contribution < 1.29 is 9.84 Å². The first-order chi connectivity index (χ1) is 15.6. The summed E-state index contributed by atoms with van der Waals surface area (Å²) in [5, 5.41) is 17.9. The zero-order valence-electron chi connectivity index (χ0n) is 17.7. The zero-order chi connectivity index (χ0) is 22.1. The molecule has 0 spiro atoms. The lowest BCUT2D eigenvalue weighted by atomic mass is 10.1. The van der Waals surface area contributed by atoms with E-state index in [0.717, 1.165) is 34.4 Å². The molecule has 5 N–H and O–H groups in total. The molecule has 0 saturated carbocycles. The molecule has 0 unspecified atom stereocenters. The van der Waals surface area contributed by atoms with Crippen molar-refractivity contribution in [1.29, 1.82) is 0 Å². The summed E-state index contributed by atoms with van der Waals surface area (Å²) in [5.74, 6) is 2.83. The number of phenols is 1. The van der Waals surface area contributed by atoms with Gasteiger partial charge < -0.3 is 30.4 Å². The van der Waals surface area contributed by atoms with Gasteiger partial charge in [-0.15, -0.1) is 0 Å². The van der Waals surface area contributed by atoms with E-state index in [1.165, 1.54) is 5.56 Å². The first kappa shape index (κ1) is 19.7. The van der Waals surface area contributed by atoms with Crippen molar-refractivity contribution in [1.82, 2.24) is 24.9 Å². The molecule has 9 heteroatoms. The van der Waals surface area contributed by atoms with Crippen molar-refractivity contribution in [2.45, 2.75) is 13.3 Å². The van der Waals surface area contributed by atoms with Crippen LogP contribution >= 0.6 is 0 Å². The maximum absolute atomic E-state index is 10.2. The summed E-state index contributed by atoms with van der Waals surface area (Å²) < 4.78 is 5.34. The molecule has 5 rings (SSSR count). The van der Waals surface area contributed by atoms with Crippen LogP contribution in [0.5, 0.6) is 11.5 Å². The molecule has 32 heavy (non-hydrogen) atoms. The lowest BCUT2D eigenvalue weighted by molar-refractivity contribution is 0.415. The molecule has 0 bridgehead atoms. The quantitative estimate of drug-likeness (QED) is 0.262. The molecular weight excluding hydrogens is 406 g/mol. The molecule has 0 fully saturated rings. The Labute approximate surface area is 183 Å². The number of aromatic hydroxyl groups is 1. The fraction of sp³-hybridized carbons (Fsp3) is 0.174. The number of anilines is 3. The van der Waals surface area contributed by atoms with Crippen LogP contribution in [0.2, 0.25) is 0 Å². The van der Waals surface area contributed by atoms with Crippen molar-refractivity contribution in [3.63, 3.8) is 0 Å². The van der Waals surface area contributed by atoms with E-state index in [-0.39, 0.29) is 5.75 Å². The van der Waals surface area contributed by atoms with Crippen LogP contribution in [0, 0.1) is 6.92 Å². The number of imidazole rings is 1. The molecule has 0 amide bonds. The molecule has 5 aromatic rings. The number of H-pyrrole nitrogens is 2. The number of nitrogens with zero attached hydrogens (tertiary/aromatic N) is 3. The number of fused-ring (bicyclic) bond motifs is 2. The Bertz CT molecular complexity index is 1410. The van der Waals surface area contributed by atoms with E-state index in [4.69, 9.17) is 4.74 Å². The Morgan fingerprint density at radius 3 is 2.88 bits per heavy atom. The minimum absolute atomic E-state index is 0.108. The van der Waals surface area contributed by atoms with Gasteiger partial charge in [0.1, 0.15) is 28.7 Å². The van der Waals surface area contributed by atoms with Gasteiger partial charge in [-0.3, -0.25) is 0 Å². The number of ether oxygens (including phenoxy) is 1. The second kappa shape index (κ2) is 8.10. The Morgan fingerprint density at radius 1 is 1.09 bits per heavy atom. The summed E-state index contributed by atoms with van der Waals surface area (Å²) in [5.41, 5.74) is 4.28. The third-order valence-electron chi connectivity index (χ3n) is 5.26. The van der Waals surface area contributed by atoms with Crippen LogP contribution in [0.4, 0.5) is 17.5 Å². The number of hydrogen-bond donors (Lipinski definition) is 5. The van der Waals surface area contributed by atoms with E-state index in [0.29, 0.717) is 29.5 Å². The van der Waals surface area contributed by atoms with Crippen molar-refractivity contribution in [3.05, 3.63) is 60.2 Å². The number of aromatic nitrogens is 5. The van der Waals surface area contributed by atoms with Gasteiger partial charge in [0.15, 0.2) is 0 Å². The van der Waals surface area contributed by atoms with E-state index in [9.17, 15) is 5.11 Å². The van der Waals surface area contributed by atoms with Crippen LogP contribution in [0.25, 0.3) is 21.9 Å². The molecule has 0 radical (unpaired) electrons. The number of rotatable bonds is 7. The lowest BCUT2D eigenvalue weighted by Gasteiger charge is -2.09. The Morgan fingerprint density at radius 2 is 2.00 bits per heavy atom. The van der Waals surface area contributed by atoms with Gasteiger partial charge >= 0.3 is 0 Å². The summed E-state index contributed by atoms with van der Waals surface area (Å²) in [4.78, 5) is 19.5. The molecule has 0 atom stereocenters. The predicted octanol–water partition coefficient (Wildman–Crippen LogP) is 4.26. The average molecular weight is 429 g/mol. The van der Waals surface area contributed by atoms with Crippen LogP contribution in [0.1, 0.15) is 11.4 Å². The highest BCUT2D eigenvalue weighted by Gasteiger charge is 2.09. The first-order valence-electron chi connectivity index (χ1n) is 10.3. The number of aryl methyl sites for hydroxylation is 1. The van der Waals surface area contributed by atoms with E-state index in [2.05, 4.69) is 35.6 Å². The first-order valence-corrected chi connectivity index (χ1v) is 10.3. The molecule has 2 aromatic carbocycles. The third-order valence-corrected chi connectivity index (χ3v) is 5.26. The van der Waals surface area contributed by atoms with Crippen LogP contribution in [-0.4, -0.2) is 43.7 Å². The monoisotopic (exact) mass is 429 g/mol. The molecule has 162 valence electrons. The number of methoxy groups -OCH3 is 1. The number of phenolic OH excluding ortho intramolecular Hbond substituents is 1. The van der Waals surface area contributed by atoms with Crippen LogP contribution in [0.3, 0.4) is 0 Å². The summed E-state index contributed by atoms with van der Waals surface area (Å²) in [6, 6.07) is 11.3. The van der Waals surface area contributed by atoms with Gasteiger partial charge in [0.2, 0.25) is 5.95 Å². The van der Waals surface area contributed by atoms with Gasteiger partial charge in [0.05, 0.1) is 12.6 Å². The van der Waals surface area contributed by atoms with Crippen LogP contribution in [-0.2, 0) is 6.42 Å². The molecule has 0 aliphatic rings. The largest absolute Gasteiger partial charge is 0.506 e. The van der Waals surface area contributed by atoms with Crippen LogP contribution < -0.4 is 15.4 Å². The van der Waals surface area contributed by atoms with Crippen LogP contribution in [0.15, 0.2) is 48.8 Å². The van der Waals surface area contributed by atoms with Crippen molar-refractivity contribution in [3.8, 4) is 11.5 Å². The third kappa shape index (κ3) is 3.87. The van der Waals surface area contributed by atoms with Gasteiger partial charge in [-0.05, 0) is 49.2 Å². The normalized spacial score (nSPS) is 11.2. The van der Waals surface area contributed by atoms with Crippen molar-refractivity contribution >= 4 is 39.4 Å². The lowest BCUT2D eigenvalue weighted by Crippen LogP contribution is -2.08. The summed E-state index contributed by atoms with van der Waals surface area (Å²) in [6.45, 7) is 2.52. The Kier molecular flexibility index (Phi) is 4.98. The van der Waals surface area contributed by atoms with Crippen molar-refractivity contribution in [2.75, 3.05) is 24.3 Å². The maximum Gasteiger partial charge on any atom is 0.224 e. The topological polar surface area (TPSA) is 124 Å². The van der Waals surface area contributed by atoms with E-state index >= 15 is 0 Å². The maximum atomic E-state index is 10.2. The van der Waals surface area contributed by atoms with Gasteiger partial charge in [-0.25, -0.2) is 9.97 Å². The van der Waals surface area contributed by atoms with Gasteiger partial charge in [-0.1, -0.05) is 0 Å². The minimum atomic E-state index is 0.108. The number of benzene rings is 2. The number of hydrogen-bond acceptors (Lipinski definition) is 7. The van der Waals surface area contributed by atoms with Crippen molar-refractivity contribution in [2.24, 2.45) is 0 Å². The average Bonchev–Trinajstić information content (AvgIpc) is 3.36. The number of aromatic amines is 2. The highest BCUT2D eigenvalue weighted by Crippen LogP contribution is 2.29. The molecule has 0 saturated heterocycles. The summed E-state index contributed by atoms with van der Waals surface area (Å²) >= 11 is 0. The Balaban J connectivity index is 1.27. The molecule has 0 aliphatic heterocycles. The highest BCUT2D eigenvalue weighted by molar-refractivity contribution is 5.86. The smallest absolute Gasteiger partial charge is 0.224 e. The van der Waals surface area contributed by atoms with Gasteiger partial charge in [-0.2, -0.15) is 4.98 Å². The molecule has 3 aromatic heterocycles. The van der Waals surface area contributed by atoms with E-state index in [1.54, 1.807) is 25.4 Å². The van der Waals surface area contributed by atoms with Gasteiger partial charge in [0.25, 0.3) is 0 Å². The highest BCUT2D eigenvalue weighted by atomic mass is 16.5. The molecule has 9 nitrogen and oxygen atoms in total. The fourth-order valence-corrected chi connectivity index (χ4v) is 3.76. The SMILES string of the molecule is COc1ccc2[nH]cc(CCNc3nccc(Nc4cc(O)c5nc(C)[nH]c5c4)n3)c2c1.